The summed E-state index contributed by atoms with van der Waals surface area (Å²) in [5, 5.41) is 0. The lowest BCUT2D eigenvalue weighted by Crippen LogP contribution is -2.47. The Morgan fingerprint density at radius 1 is 1.40 bits per heavy atom. The van der Waals surface area contributed by atoms with E-state index >= 15 is 0 Å². The summed E-state index contributed by atoms with van der Waals surface area (Å²) < 4.78 is 7.75. The van der Waals surface area contributed by atoms with Crippen molar-refractivity contribution in [1.82, 2.24) is 4.90 Å². The first-order valence-corrected chi connectivity index (χ1v) is 8.57. The number of hydrogen-bond donors (Lipinski definition) is 1. The van der Waals surface area contributed by atoms with Crippen molar-refractivity contribution >= 4 is 31.9 Å². The molecule has 5 heteroatoms. The zero-order chi connectivity index (χ0) is 14.7. The average Bonchev–Trinajstić information content (AvgIpc) is 2.45. The van der Waals surface area contributed by atoms with Gasteiger partial charge < -0.3 is 10.5 Å². The number of nitrogens with two attached hydrogens (primary N) is 1. The largest absolute Gasteiger partial charge is 0.380 e. The van der Waals surface area contributed by atoms with Crippen molar-refractivity contribution in [1.29, 1.82) is 0 Å². The van der Waals surface area contributed by atoms with Crippen molar-refractivity contribution in [2.75, 3.05) is 26.7 Å². The molecule has 3 unspecified atom stereocenters. The Balaban J connectivity index is 2.17. The van der Waals surface area contributed by atoms with E-state index in [0.717, 1.165) is 28.5 Å². The minimum Gasteiger partial charge on any atom is -0.380 e. The smallest absolute Gasteiger partial charge is 0.0724 e. The van der Waals surface area contributed by atoms with Crippen LogP contribution in [0.4, 0.5) is 0 Å². The molecule has 112 valence electrons. The van der Waals surface area contributed by atoms with E-state index in [9.17, 15) is 0 Å². The van der Waals surface area contributed by atoms with Crippen molar-refractivity contribution in [3.05, 3.63) is 32.7 Å². The van der Waals surface area contributed by atoms with Crippen LogP contribution in [0.15, 0.2) is 27.1 Å². The summed E-state index contributed by atoms with van der Waals surface area (Å²) in [5.74, 6) is 0.617. The Bertz CT molecular complexity index is 455. The van der Waals surface area contributed by atoms with E-state index in [2.05, 4.69) is 61.9 Å². The van der Waals surface area contributed by atoms with Gasteiger partial charge in [-0.2, -0.15) is 0 Å². The maximum Gasteiger partial charge on any atom is 0.0724 e. The highest BCUT2D eigenvalue weighted by Gasteiger charge is 2.30. The van der Waals surface area contributed by atoms with Crippen molar-refractivity contribution in [2.45, 2.75) is 25.5 Å². The van der Waals surface area contributed by atoms with Gasteiger partial charge in [0, 0.05) is 35.2 Å². The fraction of sp³-hybridized carbons (Fsp3) is 0.600. The molecule has 0 radical (unpaired) electrons. The highest BCUT2D eigenvalue weighted by atomic mass is 79.9. The summed E-state index contributed by atoms with van der Waals surface area (Å²) >= 11 is 7.09. The fourth-order valence-corrected chi connectivity index (χ4v) is 3.51. The van der Waals surface area contributed by atoms with E-state index < -0.39 is 0 Å². The summed E-state index contributed by atoms with van der Waals surface area (Å²) in [5.41, 5.74) is 7.29. The number of rotatable bonds is 4. The van der Waals surface area contributed by atoms with Crippen LogP contribution in [-0.2, 0) is 4.74 Å². The van der Waals surface area contributed by atoms with E-state index in [1.807, 2.05) is 0 Å². The monoisotopic (exact) mass is 404 g/mol. The number of nitrogens with zero attached hydrogens (tertiary/aromatic N) is 1. The lowest BCUT2D eigenvalue weighted by molar-refractivity contribution is -0.0183. The standard InChI is InChI=1S/C15H22Br2N2O/c1-10-5-6-19(9-15(10)20-2)14(8-18)11-3-4-12(16)13(17)7-11/h3-4,7,10,14-15H,5-6,8-9,18H2,1-2H3. The third kappa shape index (κ3) is 3.63. The summed E-state index contributed by atoms with van der Waals surface area (Å²) in [4.78, 5) is 2.45. The second-order valence-electron chi connectivity index (χ2n) is 5.46. The molecule has 2 N–H and O–H groups in total. The molecular weight excluding hydrogens is 384 g/mol. The maximum atomic E-state index is 6.04. The van der Waals surface area contributed by atoms with Gasteiger partial charge in [0.05, 0.1) is 6.10 Å². The summed E-state index contributed by atoms with van der Waals surface area (Å²) in [6.45, 7) is 4.92. The first-order chi connectivity index (χ1) is 9.56. The summed E-state index contributed by atoms with van der Waals surface area (Å²) in [6, 6.07) is 6.63. The number of methoxy groups -OCH3 is 1. The molecule has 20 heavy (non-hydrogen) atoms. The molecule has 0 amide bonds. The zero-order valence-corrected chi connectivity index (χ0v) is 15.2. The molecule has 1 heterocycles. The van der Waals surface area contributed by atoms with Gasteiger partial charge in [-0.1, -0.05) is 13.0 Å². The molecule has 0 spiro atoms. The lowest BCUT2D eigenvalue weighted by Gasteiger charge is -2.40. The maximum absolute atomic E-state index is 6.04. The van der Waals surface area contributed by atoms with Crippen LogP contribution in [0.5, 0.6) is 0 Å². The Labute approximate surface area is 138 Å². The first kappa shape index (κ1) is 16.4. The Morgan fingerprint density at radius 3 is 2.75 bits per heavy atom. The van der Waals surface area contributed by atoms with Gasteiger partial charge in [-0.25, -0.2) is 0 Å². The van der Waals surface area contributed by atoms with Crippen molar-refractivity contribution in [3.63, 3.8) is 0 Å². The van der Waals surface area contributed by atoms with Crippen LogP contribution in [0.1, 0.15) is 24.9 Å². The molecule has 1 aliphatic heterocycles. The number of benzene rings is 1. The molecule has 1 fully saturated rings. The van der Waals surface area contributed by atoms with E-state index in [4.69, 9.17) is 10.5 Å². The molecule has 1 aliphatic rings. The molecule has 3 atom stereocenters. The van der Waals surface area contributed by atoms with Gasteiger partial charge in [0.2, 0.25) is 0 Å². The third-order valence-corrected chi connectivity index (χ3v) is 6.10. The van der Waals surface area contributed by atoms with Crippen molar-refractivity contribution in [2.24, 2.45) is 11.7 Å². The number of hydrogen-bond acceptors (Lipinski definition) is 3. The quantitative estimate of drug-likeness (QED) is 0.831. The molecule has 0 aliphatic carbocycles. The summed E-state index contributed by atoms with van der Waals surface area (Å²) in [7, 11) is 1.80. The van der Waals surface area contributed by atoms with Crippen LogP contribution in [-0.4, -0.2) is 37.7 Å². The number of ether oxygens (including phenoxy) is 1. The van der Waals surface area contributed by atoms with Gasteiger partial charge >= 0.3 is 0 Å². The van der Waals surface area contributed by atoms with E-state index in [1.54, 1.807) is 7.11 Å². The van der Waals surface area contributed by atoms with Crippen LogP contribution in [0.3, 0.4) is 0 Å². The Hall–Kier alpha value is 0.0600. The second-order valence-corrected chi connectivity index (χ2v) is 7.17. The van der Waals surface area contributed by atoms with Crippen molar-refractivity contribution < 1.29 is 4.74 Å². The highest BCUT2D eigenvalue weighted by molar-refractivity contribution is 9.13. The molecule has 2 rings (SSSR count). The highest BCUT2D eigenvalue weighted by Crippen LogP contribution is 2.31. The van der Waals surface area contributed by atoms with Crippen LogP contribution < -0.4 is 5.73 Å². The molecule has 1 aromatic rings. The SMILES string of the molecule is COC1CN(C(CN)c2ccc(Br)c(Br)c2)CCC1C. The van der Waals surface area contributed by atoms with Crippen LogP contribution in [0.25, 0.3) is 0 Å². The van der Waals surface area contributed by atoms with Gasteiger partial charge in [0.1, 0.15) is 0 Å². The van der Waals surface area contributed by atoms with Crippen LogP contribution in [0.2, 0.25) is 0 Å². The Kier molecular flexibility index (Phi) is 6.05. The molecule has 3 nitrogen and oxygen atoms in total. The van der Waals surface area contributed by atoms with Crippen LogP contribution in [0, 0.1) is 5.92 Å². The van der Waals surface area contributed by atoms with E-state index in [-0.39, 0.29) is 6.04 Å². The number of likely N-dealkylation sites (tertiary alicyclic amines) is 1. The number of halogens is 2. The lowest BCUT2D eigenvalue weighted by atomic mass is 9.93. The topological polar surface area (TPSA) is 38.5 Å². The minimum absolute atomic E-state index is 0.254. The molecule has 0 aromatic heterocycles. The normalized spacial score (nSPS) is 25.6. The van der Waals surface area contributed by atoms with Gasteiger partial charge in [0.15, 0.2) is 0 Å². The predicted molar refractivity (Wildman–Crippen MR) is 89.8 cm³/mol. The van der Waals surface area contributed by atoms with Gasteiger partial charge in [-0.15, -0.1) is 0 Å². The second kappa shape index (κ2) is 7.36. The summed E-state index contributed by atoms with van der Waals surface area (Å²) in [6.07, 6.45) is 1.46. The Morgan fingerprint density at radius 2 is 2.15 bits per heavy atom. The molecule has 0 bridgehead atoms. The van der Waals surface area contributed by atoms with Crippen molar-refractivity contribution in [3.8, 4) is 0 Å². The van der Waals surface area contributed by atoms with Gasteiger partial charge in [-0.3, -0.25) is 4.90 Å². The van der Waals surface area contributed by atoms with E-state index in [1.165, 1.54) is 5.56 Å². The minimum atomic E-state index is 0.254. The molecule has 0 saturated carbocycles. The fourth-order valence-electron chi connectivity index (χ4n) is 2.86. The first-order valence-electron chi connectivity index (χ1n) is 6.98. The zero-order valence-electron chi connectivity index (χ0n) is 12.0. The predicted octanol–water partition coefficient (Wildman–Crippen LogP) is 3.57. The third-order valence-electron chi connectivity index (χ3n) is 4.22. The molecule has 1 aromatic carbocycles. The molecule has 1 saturated heterocycles. The van der Waals surface area contributed by atoms with E-state index in [0.29, 0.717) is 18.6 Å². The average molecular weight is 406 g/mol. The van der Waals surface area contributed by atoms with Gasteiger partial charge in [0.25, 0.3) is 0 Å². The molecular formula is C15H22Br2N2O. The van der Waals surface area contributed by atoms with Crippen LogP contribution >= 0.6 is 31.9 Å². The van der Waals surface area contributed by atoms with Gasteiger partial charge in [-0.05, 0) is 68.4 Å². The number of piperidine rings is 1.